The van der Waals surface area contributed by atoms with Crippen LogP contribution in [0.4, 0.5) is 20.3 Å². The normalized spacial score (nSPS) is 11.1. The Bertz CT molecular complexity index is 966. The van der Waals surface area contributed by atoms with Crippen LogP contribution >= 0.6 is 0 Å². The zero-order chi connectivity index (χ0) is 20.1. The van der Waals surface area contributed by atoms with Crippen molar-refractivity contribution < 1.29 is 18.3 Å². The fourth-order valence-electron chi connectivity index (χ4n) is 2.71. The van der Waals surface area contributed by atoms with Gasteiger partial charge in [0.15, 0.2) is 23.1 Å². The smallest absolute Gasteiger partial charge is 0.162 e. The number of nitrogens with zero attached hydrogens (tertiary/aromatic N) is 3. The van der Waals surface area contributed by atoms with Crippen LogP contribution in [0.1, 0.15) is 6.42 Å². The second-order valence-corrected chi connectivity index (χ2v) is 6.50. The van der Waals surface area contributed by atoms with Gasteiger partial charge in [0.2, 0.25) is 0 Å². The first-order valence-electron chi connectivity index (χ1n) is 8.80. The van der Waals surface area contributed by atoms with Gasteiger partial charge in [-0.2, -0.15) is 0 Å². The zero-order valence-electron chi connectivity index (χ0n) is 16.0. The van der Waals surface area contributed by atoms with E-state index in [1.54, 1.807) is 19.2 Å². The number of ether oxygens (including phenoxy) is 2. The van der Waals surface area contributed by atoms with E-state index in [2.05, 4.69) is 20.2 Å². The standard InChI is InChI=1S/C20H22F2N4O2/c1-26(2)7-4-8-28-19-10-14-17(11-18(19)27-3)23-12-24-20(14)25-13-5-6-15(21)16(22)9-13/h5-6,9-12H,4,7-8H2,1-3H3,(H,23,24,25). The van der Waals surface area contributed by atoms with Gasteiger partial charge in [-0.25, -0.2) is 18.7 Å². The Balaban J connectivity index is 1.90. The molecule has 0 saturated heterocycles. The van der Waals surface area contributed by atoms with Gasteiger partial charge in [0, 0.05) is 29.8 Å². The lowest BCUT2D eigenvalue weighted by atomic mass is 10.2. The molecule has 0 bridgehead atoms. The van der Waals surface area contributed by atoms with Gasteiger partial charge in [0.1, 0.15) is 12.1 Å². The van der Waals surface area contributed by atoms with Crippen LogP contribution in [-0.4, -0.2) is 49.2 Å². The van der Waals surface area contributed by atoms with E-state index in [4.69, 9.17) is 9.47 Å². The highest BCUT2D eigenvalue weighted by atomic mass is 19.2. The molecular formula is C20H22F2N4O2. The highest BCUT2D eigenvalue weighted by Gasteiger charge is 2.12. The maximum absolute atomic E-state index is 13.5. The Hall–Kier alpha value is -3.00. The first kappa shape index (κ1) is 19.8. The van der Waals surface area contributed by atoms with Gasteiger partial charge in [-0.05, 0) is 38.7 Å². The molecule has 1 heterocycles. The quantitative estimate of drug-likeness (QED) is 0.589. The number of nitrogens with one attached hydrogen (secondary N) is 1. The summed E-state index contributed by atoms with van der Waals surface area (Å²) in [7, 11) is 5.57. The van der Waals surface area contributed by atoms with Gasteiger partial charge in [-0.1, -0.05) is 0 Å². The molecule has 0 amide bonds. The van der Waals surface area contributed by atoms with Crippen molar-refractivity contribution in [1.82, 2.24) is 14.9 Å². The van der Waals surface area contributed by atoms with Crippen LogP contribution in [0.3, 0.4) is 0 Å². The minimum absolute atomic E-state index is 0.378. The van der Waals surface area contributed by atoms with Crippen LogP contribution in [0.5, 0.6) is 11.5 Å². The monoisotopic (exact) mass is 388 g/mol. The topological polar surface area (TPSA) is 59.5 Å². The van der Waals surface area contributed by atoms with E-state index >= 15 is 0 Å². The predicted molar refractivity (Wildman–Crippen MR) is 104 cm³/mol. The highest BCUT2D eigenvalue weighted by Crippen LogP contribution is 2.34. The molecule has 0 atom stereocenters. The van der Waals surface area contributed by atoms with Crippen LogP contribution in [0, 0.1) is 11.6 Å². The van der Waals surface area contributed by atoms with E-state index in [0.29, 0.717) is 40.5 Å². The Morgan fingerprint density at radius 2 is 1.86 bits per heavy atom. The molecule has 28 heavy (non-hydrogen) atoms. The van der Waals surface area contributed by atoms with Crippen molar-refractivity contribution in [1.29, 1.82) is 0 Å². The summed E-state index contributed by atoms with van der Waals surface area (Å²) >= 11 is 0. The number of hydrogen-bond donors (Lipinski definition) is 1. The minimum atomic E-state index is -0.935. The fourth-order valence-corrected chi connectivity index (χ4v) is 2.71. The van der Waals surface area contributed by atoms with E-state index in [9.17, 15) is 8.78 Å². The van der Waals surface area contributed by atoms with Crippen molar-refractivity contribution in [2.75, 3.05) is 39.7 Å². The number of fused-ring (bicyclic) bond motifs is 1. The van der Waals surface area contributed by atoms with E-state index in [-0.39, 0.29) is 0 Å². The summed E-state index contributed by atoms with van der Waals surface area (Å²) in [5.41, 5.74) is 1.01. The number of benzene rings is 2. The van der Waals surface area contributed by atoms with Crippen molar-refractivity contribution in [2.24, 2.45) is 0 Å². The third-order valence-electron chi connectivity index (χ3n) is 4.11. The van der Waals surface area contributed by atoms with Crippen LogP contribution in [-0.2, 0) is 0 Å². The molecule has 1 aromatic heterocycles. The molecule has 0 saturated carbocycles. The number of rotatable bonds is 8. The van der Waals surface area contributed by atoms with Crippen molar-refractivity contribution in [3.63, 3.8) is 0 Å². The molecule has 2 aromatic carbocycles. The zero-order valence-corrected chi connectivity index (χ0v) is 16.0. The minimum Gasteiger partial charge on any atom is -0.493 e. The fraction of sp³-hybridized carbons (Fsp3) is 0.300. The summed E-state index contributed by atoms with van der Waals surface area (Å²) in [5, 5.41) is 3.68. The molecule has 1 N–H and O–H groups in total. The molecule has 0 unspecified atom stereocenters. The second kappa shape index (κ2) is 8.79. The van der Waals surface area contributed by atoms with E-state index in [1.165, 1.54) is 12.4 Å². The largest absolute Gasteiger partial charge is 0.493 e. The SMILES string of the molecule is COc1cc2ncnc(Nc3ccc(F)c(F)c3)c2cc1OCCCN(C)C. The molecule has 0 spiro atoms. The molecule has 6 nitrogen and oxygen atoms in total. The molecule has 148 valence electrons. The van der Waals surface area contributed by atoms with Crippen molar-refractivity contribution in [2.45, 2.75) is 6.42 Å². The molecule has 8 heteroatoms. The molecule has 0 aliphatic heterocycles. The van der Waals surface area contributed by atoms with Crippen molar-refractivity contribution in [3.8, 4) is 11.5 Å². The van der Waals surface area contributed by atoms with Gasteiger partial charge < -0.3 is 19.7 Å². The number of aromatic nitrogens is 2. The summed E-state index contributed by atoms with van der Waals surface area (Å²) in [6.07, 6.45) is 2.25. The summed E-state index contributed by atoms with van der Waals surface area (Å²) in [5.74, 6) is -0.255. The maximum atomic E-state index is 13.5. The van der Waals surface area contributed by atoms with Crippen LogP contribution < -0.4 is 14.8 Å². The number of hydrogen-bond acceptors (Lipinski definition) is 6. The summed E-state index contributed by atoms with van der Waals surface area (Å²) < 4.78 is 38.0. The molecule has 3 aromatic rings. The second-order valence-electron chi connectivity index (χ2n) is 6.50. The van der Waals surface area contributed by atoms with Crippen molar-refractivity contribution in [3.05, 3.63) is 48.3 Å². The summed E-state index contributed by atoms with van der Waals surface area (Å²) in [6.45, 7) is 1.43. The van der Waals surface area contributed by atoms with Crippen LogP contribution in [0.25, 0.3) is 10.9 Å². The van der Waals surface area contributed by atoms with Crippen LogP contribution in [0.15, 0.2) is 36.7 Å². The Morgan fingerprint density at radius 3 is 2.57 bits per heavy atom. The molecule has 0 radical (unpaired) electrons. The number of halogens is 2. The molecule has 0 aliphatic carbocycles. The molecule has 0 fully saturated rings. The average Bonchev–Trinajstić information content (AvgIpc) is 2.67. The lowest BCUT2D eigenvalue weighted by Gasteiger charge is -2.15. The van der Waals surface area contributed by atoms with Crippen molar-refractivity contribution >= 4 is 22.4 Å². The van der Waals surface area contributed by atoms with E-state index in [0.717, 1.165) is 25.1 Å². The lowest BCUT2D eigenvalue weighted by molar-refractivity contribution is 0.268. The Labute approximate surface area is 162 Å². The van der Waals surface area contributed by atoms with E-state index < -0.39 is 11.6 Å². The van der Waals surface area contributed by atoms with Gasteiger partial charge in [-0.15, -0.1) is 0 Å². The van der Waals surface area contributed by atoms with Gasteiger partial charge >= 0.3 is 0 Å². The lowest BCUT2D eigenvalue weighted by Crippen LogP contribution is -2.15. The predicted octanol–water partition coefficient (Wildman–Crippen LogP) is 3.99. The Morgan fingerprint density at radius 1 is 1.04 bits per heavy atom. The molecule has 3 rings (SSSR count). The average molecular weight is 388 g/mol. The summed E-state index contributed by atoms with van der Waals surface area (Å²) in [4.78, 5) is 10.6. The van der Waals surface area contributed by atoms with Gasteiger partial charge in [0.25, 0.3) is 0 Å². The third kappa shape index (κ3) is 4.64. The highest BCUT2D eigenvalue weighted by molar-refractivity contribution is 5.93. The van der Waals surface area contributed by atoms with Gasteiger partial charge in [-0.3, -0.25) is 0 Å². The first-order valence-corrected chi connectivity index (χ1v) is 8.80. The summed E-state index contributed by atoms with van der Waals surface area (Å²) in [6, 6.07) is 7.12. The molecular weight excluding hydrogens is 366 g/mol. The first-order chi connectivity index (χ1) is 13.5. The maximum Gasteiger partial charge on any atom is 0.162 e. The number of methoxy groups -OCH3 is 1. The molecule has 0 aliphatic rings. The van der Waals surface area contributed by atoms with Crippen LogP contribution in [0.2, 0.25) is 0 Å². The third-order valence-corrected chi connectivity index (χ3v) is 4.11. The number of anilines is 2. The Kier molecular flexibility index (Phi) is 6.20. The van der Waals surface area contributed by atoms with E-state index in [1.807, 2.05) is 14.1 Å². The van der Waals surface area contributed by atoms with Gasteiger partial charge in [0.05, 0.1) is 19.2 Å².